The molecule has 4 amide bonds. The van der Waals surface area contributed by atoms with Gasteiger partial charge in [0.05, 0.1) is 32.4 Å². The monoisotopic (exact) mass is 531 g/mol. The van der Waals surface area contributed by atoms with Gasteiger partial charge in [0.1, 0.15) is 11.5 Å². The Bertz CT molecular complexity index is 1060. The lowest BCUT2D eigenvalue weighted by atomic mass is 9.93. The van der Waals surface area contributed by atoms with Gasteiger partial charge in [0.15, 0.2) is 0 Å². The van der Waals surface area contributed by atoms with Crippen molar-refractivity contribution >= 4 is 18.0 Å². The summed E-state index contributed by atoms with van der Waals surface area (Å²) in [5, 5.41) is 5.95. The Hall–Kier alpha value is -3.47. The van der Waals surface area contributed by atoms with Crippen molar-refractivity contribution in [3.8, 4) is 11.5 Å². The first-order valence-electron chi connectivity index (χ1n) is 12.9. The van der Waals surface area contributed by atoms with Crippen LogP contribution in [0.15, 0.2) is 29.5 Å². The van der Waals surface area contributed by atoms with Gasteiger partial charge in [0, 0.05) is 56.6 Å². The number of esters is 1. The van der Waals surface area contributed by atoms with Crippen LogP contribution in [0.1, 0.15) is 46.2 Å². The zero-order chi connectivity index (χ0) is 28.2. The molecule has 0 saturated carbocycles. The molecule has 2 heterocycles. The summed E-state index contributed by atoms with van der Waals surface area (Å²) in [6, 6.07) is 4.01. The Morgan fingerprint density at radius 2 is 1.74 bits per heavy atom. The van der Waals surface area contributed by atoms with Crippen LogP contribution in [0.4, 0.5) is 9.59 Å². The summed E-state index contributed by atoms with van der Waals surface area (Å²) in [5.74, 6) is 0.573. The predicted molar refractivity (Wildman–Crippen MR) is 143 cm³/mol. The second-order valence-corrected chi connectivity index (χ2v) is 10.6. The molecule has 0 radical (unpaired) electrons. The molecule has 0 aliphatic carbocycles. The Kier molecular flexibility index (Phi) is 9.14. The normalized spacial score (nSPS) is 20.7. The van der Waals surface area contributed by atoms with Crippen LogP contribution in [-0.2, 0) is 9.53 Å². The maximum absolute atomic E-state index is 13.3. The fraction of sp³-hybridized carbons (Fsp3) is 0.593. The molecule has 210 valence electrons. The van der Waals surface area contributed by atoms with E-state index in [-0.39, 0.29) is 30.2 Å². The summed E-state index contributed by atoms with van der Waals surface area (Å²) in [4.78, 5) is 44.6. The van der Waals surface area contributed by atoms with Crippen LogP contribution >= 0.6 is 0 Å². The average Bonchev–Trinajstić information content (AvgIpc) is 2.85. The van der Waals surface area contributed by atoms with Crippen molar-refractivity contribution in [1.29, 1.82) is 0 Å². The number of ether oxygens (including phenoxy) is 3. The smallest absolute Gasteiger partial charge is 0.338 e. The van der Waals surface area contributed by atoms with Crippen LogP contribution in [0, 0.1) is 0 Å². The van der Waals surface area contributed by atoms with E-state index in [1.54, 1.807) is 46.4 Å². The van der Waals surface area contributed by atoms with Crippen LogP contribution in [0.2, 0.25) is 0 Å². The molecule has 11 nitrogen and oxygen atoms in total. The van der Waals surface area contributed by atoms with Crippen LogP contribution < -0.4 is 20.1 Å². The molecule has 1 saturated heterocycles. The third-order valence-corrected chi connectivity index (χ3v) is 6.61. The van der Waals surface area contributed by atoms with E-state index in [0.717, 1.165) is 0 Å². The average molecular weight is 532 g/mol. The third-order valence-electron chi connectivity index (χ3n) is 6.61. The number of amides is 4. The molecule has 1 fully saturated rings. The van der Waals surface area contributed by atoms with Crippen molar-refractivity contribution in [1.82, 2.24) is 25.3 Å². The molecular weight excluding hydrogens is 490 g/mol. The number of hydrogen-bond acceptors (Lipinski definition) is 7. The number of rotatable bonds is 7. The van der Waals surface area contributed by atoms with Gasteiger partial charge in [-0.1, -0.05) is 0 Å². The highest BCUT2D eigenvalue weighted by Crippen LogP contribution is 2.35. The number of methoxy groups -OCH3 is 2. The van der Waals surface area contributed by atoms with Crippen molar-refractivity contribution in [3.05, 3.63) is 35.0 Å². The lowest BCUT2D eigenvalue weighted by Crippen LogP contribution is -2.59. The first-order chi connectivity index (χ1) is 17.9. The molecule has 38 heavy (non-hydrogen) atoms. The van der Waals surface area contributed by atoms with Crippen molar-refractivity contribution in [2.45, 2.75) is 52.2 Å². The number of piperazine rings is 1. The minimum atomic E-state index is -0.756. The minimum absolute atomic E-state index is 0.0566. The van der Waals surface area contributed by atoms with Gasteiger partial charge >= 0.3 is 18.0 Å². The highest BCUT2D eigenvalue weighted by Gasteiger charge is 2.39. The van der Waals surface area contributed by atoms with E-state index in [2.05, 4.69) is 15.5 Å². The van der Waals surface area contributed by atoms with Crippen LogP contribution in [0.3, 0.4) is 0 Å². The summed E-state index contributed by atoms with van der Waals surface area (Å²) in [5.41, 5.74) is 1.22. The minimum Gasteiger partial charge on any atom is -0.497 e. The summed E-state index contributed by atoms with van der Waals surface area (Å²) in [6.45, 7) is 11.8. The van der Waals surface area contributed by atoms with E-state index in [1.165, 1.54) is 4.90 Å². The topological polar surface area (TPSA) is 113 Å². The zero-order valence-electron chi connectivity index (χ0n) is 23.7. The fourth-order valence-corrected chi connectivity index (χ4v) is 4.73. The maximum atomic E-state index is 13.3. The number of benzene rings is 1. The number of urea groups is 2. The summed E-state index contributed by atoms with van der Waals surface area (Å²) in [7, 11) is 4.73. The Balaban J connectivity index is 1.95. The molecular formula is C27H41N5O6. The van der Waals surface area contributed by atoms with Gasteiger partial charge in [-0.25, -0.2) is 14.4 Å². The first-order valence-corrected chi connectivity index (χ1v) is 12.9. The zero-order valence-corrected chi connectivity index (χ0v) is 23.7. The Labute approximate surface area is 225 Å². The van der Waals surface area contributed by atoms with Gasteiger partial charge < -0.3 is 29.7 Å². The molecule has 2 aliphatic heterocycles. The molecule has 2 atom stereocenters. The Morgan fingerprint density at radius 3 is 2.26 bits per heavy atom. The van der Waals surface area contributed by atoms with Gasteiger partial charge in [-0.05, 0) is 52.3 Å². The van der Waals surface area contributed by atoms with Gasteiger partial charge in [-0.3, -0.25) is 9.80 Å². The largest absolute Gasteiger partial charge is 0.497 e. The number of likely N-dealkylation sites (N-methyl/N-ethyl adjacent to an activating group) is 1. The fourth-order valence-electron chi connectivity index (χ4n) is 4.73. The molecule has 0 bridgehead atoms. The van der Waals surface area contributed by atoms with Crippen molar-refractivity contribution in [2.24, 2.45) is 0 Å². The van der Waals surface area contributed by atoms with E-state index in [9.17, 15) is 14.4 Å². The number of nitrogens with zero attached hydrogens (tertiary/aromatic N) is 3. The van der Waals surface area contributed by atoms with E-state index >= 15 is 0 Å². The number of carbonyl (C=O) groups excluding carboxylic acids is 3. The standard InChI is InChI=1S/C27H41N5O6/c1-9-38-24(33)22-21(16-31-10-11-32(17(2)15-31)26(35)29-27(3,4)5)30(6)25(34)28-23(22)18-12-19(36-7)14-20(13-18)37-8/h12-14,17,23H,9-11,15-16H2,1-8H3,(H,28,34)(H,29,35)/t17-,23+/m0/s1. The quantitative estimate of drug-likeness (QED) is 0.520. The summed E-state index contributed by atoms with van der Waals surface area (Å²) < 4.78 is 16.3. The Morgan fingerprint density at radius 1 is 1.11 bits per heavy atom. The number of hydrogen-bond donors (Lipinski definition) is 2. The van der Waals surface area contributed by atoms with E-state index < -0.39 is 12.0 Å². The number of nitrogens with one attached hydrogen (secondary N) is 2. The van der Waals surface area contributed by atoms with Crippen LogP contribution in [0.5, 0.6) is 11.5 Å². The lowest BCUT2D eigenvalue weighted by Gasteiger charge is -2.43. The first kappa shape index (κ1) is 29.1. The van der Waals surface area contributed by atoms with E-state index in [4.69, 9.17) is 14.2 Å². The third kappa shape index (κ3) is 6.69. The maximum Gasteiger partial charge on any atom is 0.338 e. The molecule has 1 aromatic carbocycles. The highest BCUT2D eigenvalue weighted by molar-refractivity contribution is 5.95. The SMILES string of the molecule is CCOC(=O)C1=C(CN2CCN(C(=O)NC(C)(C)C)[C@@H](C)C2)N(C)C(=O)N[C@@H]1c1cc(OC)cc(OC)c1. The summed E-state index contributed by atoms with van der Waals surface area (Å²) >= 11 is 0. The molecule has 2 aliphatic rings. The number of carbonyl (C=O) groups is 3. The second-order valence-electron chi connectivity index (χ2n) is 10.6. The molecule has 1 aromatic rings. The molecule has 2 N–H and O–H groups in total. The van der Waals surface area contributed by atoms with Crippen molar-refractivity contribution in [2.75, 3.05) is 54.1 Å². The van der Waals surface area contributed by atoms with E-state index in [1.807, 2.05) is 32.6 Å². The molecule has 11 heteroatoms. The van der Waals surface area contributed by atoms with Gasteiger partial charge in [-0.15, -0.1) is 0 Å². The molecule has 0 unspecified atom stereocenters. The summed E-state index contributed by atoms with van der Waals surface area (Å²) in [6.07, 6.45) is 0. The van der Waals surface area contributed by atoms with Gasteiger partial charge in [0.2, 0.25) is 0 Å². The van der Waals surface area contributed by atoms with Crippen molar-refractivity contribution in [3.63, 3.8) is 0 Å². The highest BCUT2D eigenvalue weighted by atomic mass is 16.5. The molecule has 0 aromatic heterocycles. The molecule has 0 spiro atoms. The molecule has 3 rings (SSSR count). The predicted octanol–water partition coefficient (Wildman–Crippen LogP) is 2.73. The van der Waals surface area contributed by atoms with Crippen molar-refractivity contribution < 1.29 is 28.6 Å². The second kappa shape index (κ2) is 11.9. The van der Waals surface area contributed by atoms with E-state index in [0.29, 0.717) is 54.5 Å². The van der Waals surface area contributed by atoms with Crippen LogP contribution in [0.25, 0.3) is 0 Å². The van der Waals surface area contributed by atoms with Gasteiger partial charge in [0.25, 0.3) is 0 Å². The lowest BCUT2D eigenvalue weighted by molar-refractivity contribution is -0.139. The van der Waals surface area contributed by atoms with Crippen LogP contribution in [-0.4, -0.2) is 98.4 Å². The van der Waals surface area contributed by atoms with Gasteiger partial charge in [-0.2, -0.15) is 0 Å².